The van der Waals surface area contributed by atoms with Crippen molar-refractivity contribution in [3.05, 3.63) is 0 Å². The fraction of sp³-hybridized carbons (Fsp3) is 0.900. The monoisotopic (exact) mass is 166 g/mol. The molecule has 2 heteroatoms. The van der Waals surface area contributed by atoms with Gasteiger partial charge < -0.3 is 4.90 Å². The van der Waals surface area contributed by atoms with Crippen LogP contribution in [0.2, 0.25) is 0 Å². The van der Waals surface area contributed by atoms with Gasteiger partial charge in [0.15, 0.2) is 0 Å². The van der Waals surface area contributed by atoms with Crippen LogP contribution in [0.25, 0.3) is 0 Å². The van der Waals surface area contributed by atoms with E-state index in [0.717, 1.165) is 12.4 Å². The van der Waals surface area contributed by atoms with Crippen molar-refractivity contribution in [2.75, 3.05) is 6.54 Å². The van der Waals surface area contributed by atoms with Crippen LogP contribution in [-0.2, 0) is 0 Å². The molecule has 68 valence electrons. The fourth-order valence-corrected chi connectivity index (χ4v) is 2.13. The Labute approximate surface area is 74.5 Å². The molecule has 1 heterocycles. The van der Waals surface area contributed by atoms with Crippen LogP contribution in [0.4, 0.5) is 0 Å². The van der Waals surface area contributed by atoms with Crippen LogP contribution in [0.1, 0.15) is 39.5 Å². The van der Waals surface area contributed by atoms with Crippen LogP contribution in [0.15, 0.2) is 0 Å². The molecular formula is C10H18N2. The third kappa shape index (κ3) is 1.23. The first-order valence-corrected chi connectivity index (χ1v) is 4.97. The van der Waals surface area contributed by atoms with E-state index in [2.05, 4.69) is 18.7 Å². The van der Waals surface area contributed by atoms with Gasteiger partial charge in [-0.2, -0.15) is 0 Å². The molecule has 1 aliphatic heterocycles. The Morgan fingerprint density at radius 2 is 2.08 bits per heavy atom. The number of hydrogen-bond donors (Lipinski definition) is 1. The molecule has 2 nitrogen and oxygen atoms in total. The third-order valence-corrected chi connectivity index (χ3v) is 3.16. The molecular weight excluding hydrogens is 148 g/mol. The summed E-state index contributed by atoms with van der Waals surface area (Å²) in [5.41, 5.74) is 0.264. The number of nitrogens with zero attached hydrogens (tertiary/aromatic N) is 1. The molecule has 2 rings (SSSR count). The fourth-order valence-electron chi connectivity index (χ4n) is 2.13. The molecule has 1 aliphatic carbocycles. The lowest BCUT2D eigenvalue weighted by atomic mass is 10.0. The minimum atomic E-state index is 0.264. The quantitative estimate of drug-likeness (QED) is 0.469. The zero-order valence-corrected chi connectivity index (χ0v) is 8.06. The second-order valence-electron chi connectivity index (χ2n) is 4.73. The number of hydrogen-bond acceptors (Lipinski definition) is 1. The molecule has 0 aromatic heterocycles. The molecule has 1 saturated heterocycles. The molecule has 1 saturated carbocycles. The first kappa shape index (κ1) is 8.09. The van der Waals surface area contributed by atoms with Crippen LogP contribution in [0.3, 0.4) is 0 Å². The lowest BCUT2D eigenvalue weighted by Gasteiger charge is -2.33. The minimum Gasteiger partial charge on any atom is -0.355 e. The van der Waals surface area contributed by atoms with Crippen molar-refractivity contribution >= 4 is 5.84 Å². The van der Waals surface area contributed by atoms with E-state index in [1.165, 1.54) is 25.7 Å². The number of amidine groups is 1. The van der Waals surface area contributed by atoms with Gasteiger partial charge in [0.05, 0.1) is 5.84 Å². The Bertz CT molecular complexity index is 204. The second-order valence-corrected chi connectivity index (χ2v) is 4.73. The molecule has 0 atom stereocenters. The van der Waals surface area contributed by atoms with Gasteiger partial charge in [-0.15, -0.1) is 0 Å². The molecule has 0 radical (unpaired) electrons. The van der Waals surface area contributed by atoms with Crippen molar-refractivity contribution < 1.29 is 0 Å². The van der Waals surface area contributed by atoms with Gasteiger partial charge in [-0.1, -0.05) is 0 Å². The van der Waals surface area contributed by atoms with Gasteiger partial charge >= 0.3 is 0 Å². The van der Waals surface area contributed by atoms with Crippen molar-refractivity contribution in [3.8, 4) is 0 Å². The van der Waals surface area contributed by atoms with Crippen molar-refractivity contribution in [3.63, 3.8) is 0 Å². The van der Waals surface area contributed by atoms with Gasteiger partial charge in [0.25, 0.3) is 0 Å². The molecule has 0 bridgehead atoms. The Balaban J connectivity index is 2.06. The summed E-state index contributed by atoms with van der Waals surface area (Å²) in [4.78, 5) is 2.31. The van der Waals surface area contributed by atoms with Crippen LogP contribution < -0.4 is 0 Å². The van der Waals surface area contributed by atoms with E-state index in [0.29, 0.717) is 5.92 Å². The summed E-state index contributed by atoms with van der Waals surface area (Å²) in [5, 5.41) is 7.98. The normalized spacial score (nSPS) is 27.7. The van der Waals surface area contributed by atoms with Gasteiger partial charge in [-0.25, -0.2) is 0 Å². The number of likely N-dealkylation sites (tertiary alicyclic amines) is 1. The molecule has 0 aromatic rings. The van der Waals surface area contributed by atoms with E-state index >= 15 is 0 Å². The molecule has 0 aromatic carbocycles. The van der Waals surface area contributed by atoms with Crippen LogP contribution in [-0.4, -0.2) is 22.8 Å². The second kappa shape index (κ2) is 2.48. The molecule has 0 spiro atoms. The van der Waals surface area contributed by atoms with Crippen LogP contribution in [0, 0.1) is 11.3 Å². The Morgan fingerprint density at radius 3 is 2.50 bits per heavy atom. The van der Waals surface area contributed by atoms with E-state index in [4.69, 9.17) is 5.41 Å². The van der Waals surface area contributed by atoms with Gasteiger partial charge in [0.1, 0.15) is 0 Å². The van der Waals surface area contributed by atoms with Crippen molar-refractivity contribution in [1.29, 1.82) is 5.41 Å². The van der Waals surface area contributed by atoms with Gasteiger partial charge in [0.2, 0.25) is 0 Å². The topological polar surface area (TPSA) is 27.1 Å². The highest BCUT2D eigenvalue weighted by Crippen LogP contribution is 2.37. The predicted octanol–water partition coefficient (Wildman–Crippen LogP) is 2.25. The average Bonchev–Trinajstić information content (AvgIpc) is 2.75. The maximum atomic E-state index is 7.98. The zero-order chi connectivity index (χ0) is 8.77. The molecule has 2 aliphatic rings. The van der Waals surface area contributed by atoms with E-state index in [1.54, 1.807) is 0 Å². The first-order chi connectivity index (χ1) is 5.61. The summed E-state index contributed by atoms with van der Waals surface area (Å²) >= 11 is 0. The lowest BCUT2D eigenvalue weighted by Crippen LogP contribution is -2.43. The highest BCUT2D eigenvalue weighted by atomic mass is 15.2. The molecule has 12 heavy (non-hydrogen) atoms. The summed E-state index contributed by atoms with van der Waals surface area (Å²) in [5.74, 6) is 1.53. The maximum Gasteiger partial charge on any atom is 0.0993 e. The minimum absolute atomic E-state index is 0.264. The highest BCUT2D eigenvalue weighted by Gasteiger charge is 2.39. The Morgan fingerprint density at radius 1 is 1.42 bits per heavy atom. The summed E-state index contributed by atoms with van der Waals surface area (Å²) in [7, 11) is 0. The Kier molecular flexibility index (Phi) is 1.67. The van der Waals surface area contributed by atoms with E-state index in [1.807, 2.05) is 0 Å². The van der Waals surface area contributed by atoms with Gasteiger partial charge in [-0.3, -0.25) is 5.41 Å². The molecule has 0 unspecified atom stereocenters. The average molecular weight is 166 g/mol. The summed E-state index contributed by atoms with van der Waals surface area (Å²) in [6.07, 6.45) is 5.03. The lowest BCUT2D eigenvalue weighted by molar-refractivity contribution is 0.273. The number of rotatable bonds is 1. The van der Waals surface area contributed by atoms with Crippen molar-refractivity contribution in [1.82, 2.24) is 4.90 Å². The first-order valence-electron chi connectivity index (χ1n) is 4.97. The van der Waals surface area contributed by atoms with Crippen molar-refractivity contribution in [2.24, 2.45) is 5.92 Å². The SMILES string of the molecule is CC1(C)CCCN1C(=N)C1CC1. The highest BCUT2D eigenvalue weighted by molar-refractivity contribution is 5.84. The summed E-state index contributed by atoms with van der Waals surface area (Å²) in [6.45, 7) is 5.64. The molecule has 0 amide bonds. The molecule has 2 fully saturated rings. The predicted molar refractivity (Wildman–Crippen MR) is 50.5 cm³/mol. The third-order valence-electron chi connectivity index (χ3n) is 3.16. The van der Waals surface area contributed by atoms with E-state index in [9.17, 15) is 0 Å². The molecule has 1 N–H and O–H groups in total. The smallest absolute Gasteiger partial charge is 0.0993 e. The van der Waals surface area contributed by atoms with Gasteiger partial charge in [0, 0.05) is 18.0 Å². The van der Waals surface area contributed by atoms with Crippen LogP contribution in [0.5, 0.6) is 0 Å². The van der Waals surface area contributed by atoms with Crippen LogP contribution >= 0.6 is 0 Å². The van der Waals surface area contributed by atoms with E-state index < -0.39 is 0 Å². The number of nitrogens with one attached hydrogen (secondary N) is 1. The Hall–Kier alpha value is -0.530. The maximum absolute atomic E-state index is 7.98. The zero-order valence-electron chi connectivity index (χ0n) is 8.06. The van der Waals surface area contributed by atoms with Gasteiger partial charge in [-0.05, 0) is 39.5 Å². The van der Waals surface area contributed by atoms with E-state index in [-0.39, 0.29) is 5.54 Å². The van der Waals surface area contributed by atoms with Crippen molar-refractivity contribution in [2.45, 2.75) is 45.1 Å². The summed E-state index contributed by atoms with van der Waals surface area (Å²) in [6, 6.07) is 0. The summed E-state index contributed by atoms with van der Waals surface area (Å²) < 4.78 is 0. The standard InChI is InChI=1S/C10H18N2/c1-10(2)6-3-7-12(10)9(11)8-4-5-8/h8,11H,3-7H2,1-2H3. The largest absolute Gasteiger partial charge is 0.355 e.